The minimum absolute atomic E-state index is 0.0897. The van der Waals surface area contributed by atoms with Crippen molar-refractivity contribution >= 4 is 10.4 Å². The largest absolute Gasteiger partial charge is 0.397 e. The Balaban J connectivity index is 1.88. The smallest absolute Gasteiger partial charge is 0.387 e. The second kappa shape index (κ2) is 14.7. The Kier molecular flexibility index (Phi) is 13.5. The predicted molar refractivity (Wildman–Crippen MR) is 104 cm³/mol. The van der Waals surface area contributed by atoms with E-state index < -0.39 is 28.7 Å². The summed E-state index contributed by atoms with van der Waals surface area (Å²) in [6.45, 7) is 2.93. The Bertz CT molecular complexity index is 455. The number of hydrogen-bond donors (Lipinski definition) is 2. The van der Waals surface area contributed by atoms with E-state index in [0.29, 0.717) is 6.61 Å². The first-order valence-corrected chi connectivity index (χ1v) is 11.8. The fraction of sp³-hybridized carbons (Fsp3) is 1.00. The van der Waals surface area contributed by atoms with Crippen LogP contribution in [-0.2, 0) is 24.1 Å². The monoisotopic (exact) mass is 410 g/mol. The van der Waals surface area contributed by atoms with Crippen LogP contribution in [0, 0.1) is 0 Å². The van der Waals surface area contributed by atoms with Crippen molar-refractivity contribution in [2.45, 2.75) is 102 Å². The molecular weight excluding hydrogens is 372 g/mol. The summed E-state index contributed by atoms with van der Waals surface area (Å²) in [4.78, 5) is 0. The quantitative estimate of drug-likeness (QED) is 0.279. The summed E-state index contributed by atoms with van der Waals surface area (Å²) in [5.74, 6) is 0. The maximum absolute atomic E-state index is 10.7. The van der Waals surface area contributed by atoms with E-state index in [4.69, 9.17) is 14.0 Å². The lowest BCUT2D eigenvalue weighted by Gasteiger charge is -2.16. The highest BCUT2D eigenvalue weighted by Gasteiger charge is 2.39. The van der Waals surface area contributed by atoms with Crippen molar-refractivity contribution in [1.82, 2.24) is 0 Å². The van der Waals surface area contributed by atoms with Gasteiger partial charge in [0.25, 0.3) is 0 Å². The van der Waals surface area contributed by atoms with Gasteiger partial charge < -0.3 is 14.6 Å². The van der Waals surface area contributed by atoms with Crippen molar-refractivity contribution in [3.63, 3.8) is 0 Å². The Morgan fingerprint density at radius 1 is 0.926 bits per heavy atom. The summed E-state index contributed by atoms with van der Waals surface area (Å²) < 4.78 is 45.1. The third kappa shape index (κ3) is 12.8. The minimum Gasteiger partial charge on any atom is -0.387 e. The number of rotatable bonds is 17. The maximum atomic E-state index is 10.7. The molecule has 0 aliphatic carbocycles. The van der Waals surface area contributed by atoms with Crippen LogP contribution in [0.1, 0.15) is 84.0 Å². The van der Waals surface area contributed by atoms with Crippen LogP contribution in [0.15, 0.2) is 0 Å². The number of hydrogen-bond acceptors (Lipinski definition) is 6. The van der Waals surface area contributed by atoms with Crippen molar-refractivity contribution in [3.8, 4) is 0 Å². The highest BCUT2D eigenvalue weighted by atomic mass is 32.3. The standard InChI is InChI=1S/C19H38O7S/c1-2-3-4-5-6-7-8-9-10-11-12-13-14-24-15-17-19(20)18(16-25-17)26-27(21,22)23/h17-20H,2-16H2,1H3,(H,21,22,23). The summed E-state index contributed by atoms with van der Waals surface area (Å²) >= 11 is 0. The molecule has 0 bridgehead atoms. The van der Waals surface area contributed by atoms with E-state index in [2.05, 4.69) is 11.1 Å². The van der Waals surface area contributed by atoms with Crippen LogP contribution < -0.4 is 0 Å². The molecule has 0 aromatic rings. The van der Waals surface area contributed by atoms with Gasteiger partial charge in [-0.3, -0.25) is 4.55 Å². The topological polar surface area (TPSA) is 102 Å². The molecule has 1 fully saturated rings. The average Bonchev–Trinajstić information content (AvgIpc) is 2.94. The molecule has 1 rings (SSSR count). The molecule has 1 aliphatic heterocycles. The zero-order valence-corrected chi connectivity index (χ0v) is 17.5. The second-order valence-corrected chi connectivity index (χ2v) is 8.44. The fourth-order valence-corrected chi connectivity index (χ4v) is 3.77. The number of unbranched alkanes of at least 4 members (excludes halogenated alkanes) is 11. The van der Waals surface area contributed by atoms with Crippen LogP contribution >= 0.6 is 0 Å². The molecule has 7 nitrogen and oxygen atoms in total. The molecule has 0 aromatic carbocycles. The molecule has 0 radical (unpaired) electrons. The van der Waals surface area contributed by atoms with Crippen LogP contribution in [0.2, 0.25) is 0 Å². The second-order valence-electron chi connectivity index (χ2n) is 7.39. The average molecular weight is 411 g/mol. The van der Waals surface area contributed by atoms with Gasteiger partial charge in [-0.1, -0.05) is 77.6 Å². The van der Waals surface area contributed by atoms with Gasteiger partial charge in [0.2, 0.25) is 0 Å². The molecule has 3 atom stereocenters. The predicted octanol–water partition coefficient (Wildman–Crippen LogP) is 3.65. The Morgan fingerprint density at radius 3 is 1.96 bits per heavy atom. The van der Waals surface area contributed by atoms with E-state index in [9.17, 15) is 13.5 Å². The molecular formula is C19H38O7S. The molecule has 2 N–H and O–H groups in total. The van der Waals surface area contributed by atoms with E-state index >= 15 is 0 Å². The van der Waals surface area contributed by atoms with Crippen LogP contribution in [0.3, 0.4) is 0 Å². The van der Waals surface area contributed by atoms with E-state index in [-0.39, 0.29) is 13.2 Å². The highest BCUT2D eigenvalue weighted by Crippen LogP contribution is 2.19. The maximum Gasteiger partial charge on any atom is 0.397 e. The molecule has 1 aliphatic rings. The Morgan fingerprint density at radius 2 is 1.44 bits per heavy atom. The lowest BCUT2D eigenvalue weighted by molar-refractivity contribution is -0.0294. The molecule has 0 saturated carbocycles. The van der Waals surface area contributed by atoms with Crippen molar-refractivity contribution < 1.29 is 31.7 Å². The molecule has 1 saturated heterocycles. The van der Waals surface area contributed by atoms with Crippen LogP contribution in [0.5, 0.6) is 0 Å². The van der Waals surface area contributed by atoms with E-state index in [1.807, 2.05) is 0 Å². The minimum atomic E-state index is -4.59. The van der Waals surface area contributed by atoms with Gasteiger partial charge in [-0.25, -0.2) is 4.18 Å². The van der Waals surface area contributed by atoms with Crippen molar-refractivity contribution in [2.24, 2.45) is 0 Å². The zero-order chi connectivity index (χ0) is 20.0. The van der Waals surface area contributed by atoms with Gasteiger partial charge in [-0.2, -0.15) is 8.42 Å². The van der Waals surface area contributed by atoms with Gasteiger partial charge in [0.1, 0.15) is 18.3 Å². The zero-order valence-electron chi connectivity index (χ0n) is 16.7. The first-order chi connectivity index (χ1) is 12.9. The van der Waals surface area contributed by atoms with Crippen molar-refractivity contribution in [2.75, 3.05) is 19.8 Å². The first-order valence-electron chi connectivity index (χ1n) is 10.5. The van der Waals surface area contributed by atoms with Gasteiger partial charge in [-0.15, -0.1) is 0 Å². The summed E-state index contributed by atoms with van der Waals surface area (Å²) in [6, 6.07) is 0. The number of aliphatic hydroxyl groups is 1. The van der Waals surface area contributed by atoms with Gasteiger partial charge in [0.15, 0.2) is 0 Å². The van der Waals surface area contributed by atoms with E-state index in [0.717, 1.165) is 12.8 Å². The molecule has 0 spiro atoms. The van der Waals surface area contributed by atoms with E-state index in [1.54, 1.807) is 0 Å². The Labute approximate surface area is 164 Å². The van der Waals surface area contributed by atoms with Gasteiger partial charge in [0, 0.05) is 6.61 Å². The first kappa shape index (κ1) is 24.8. The molecule has 0 aromatic heterocycles. The SMILES string of the molecule is CCCCCCCCCCCCCCOCC1OCC(OS(=O)(=O)O)C1O. The van der Waals surface area contributed by atoms with Crippen molar-refractivity contribution in [1.29, 1.82) is 0 Å². The molecule has 27 heavy (non-hydrogen) atoms. The summed E-state index contributed by atoms with van der Waals surface area (Å²) in [5, 5.41) is 9.91. The van der Waals surface area contributed by atoms with Crippen LogP contribution in [0.25, 0.3) is 0 Å². The van der Waals surface area contributed by atoms with Crippen molar-refractivity contribution in [3.05, 3.63) is 0 Å². The molecule has 8 heteroatoms. The number of ether oxygens (including phenoxy) is 2. The highest BCUT2D eigenvalue weighted by molar-refractivity contribution is 7.80. The normalized spacial score (nSPS) is 23.1. The molecule has 1 heterocycles. The third-order valence-corrected chi connectivity index (χ3v) is 5.40. The summed E-state index contributed by atoms with van der Waals surface area (Å²) in [7, 11) is -4.59. The van der Waals surface area contributed by atoms with Gasteiger partial charge >= 0.3 is 10.4 Å². The van der Waals surface area contributed by atoms with Crippen LogP contribution in [0.4, 0.5) is 0 Å². The van der Waals surface area contributed by atoms with Gasteiger partial charge in [-0.05, 0) is 6.42 Å². The molecule has 3 unspecified atom stereocenters. The third-order valence-electron chi connectivity index (χ3n) is 4.91. The van der Waals surface area contributed by atoms with Gasteiger partial charge in [0.05, 0.1) is 13.2 Å². The van der Waals surface area contributed by atoms with Crippen LogP contribution in [-0.4, -0.2) is 56.2 Å². The lowest BCUT2D eigenvalue weighted by atomic mass is 10.1. The fourth-order valence-electron chi connectivity index (χ4n) is 3.29. The lowest BCUT2D eigenvalue weighted by Crippen LogP contribution is -2.36. The summed E-state index contributed by atoms with van der Waals surface area (Å²) in [6.07, 6.45) is 12.6. The Hall–Kier alpha value is -0.250. The molecule has 162 valence electrons. The van der Waals surface area contributed by atoms with E-state index in [1.165, 1.54) is 64.2 Å². The molecule has 0 amide bonds. The number of aliphatic hydroxyl groups excluding tert-OH is 1. The summed E-state index contributed by atoms with van der Waals surface area (Å²) in [5.41, 5.74) is 0.